The third-order valence-electron chi connectivity index (χ3n) is 3.14. The Morgan fingerprint density at radius 1 is 1.45 bits per heavy atom. The minimum atomic E-state index is -3.59. The van der Waals surface area contributed by atoms with Gasteiger partial charge < -0.3 is 9.67 Å². The van der Waals surface area contributed by atoms with Crippen LogP contribution in [-0.2, 0) is 30.2 Å². The van der Waals surface area contributed by atoms with Gasteiger partial charge in [0.2, 0.25) is 10.0 Å². The summed E-state index contributed by atoms with van der Waals surface area (Å²) >= 11 is 0. The lowest BCUT2D eigenvalue weighted by atomic mass is 10.2. The molecule has 0 radical (unpaired) electrons. The SMILES string of the molecule is Cc1cnccc1CNS(=O)(=O)c1cc(CO)n(C)c1. The second-order valence-electron chi connectivity index (χ2n) is 4.56. The molecule has 0 spiro atoms. The van der Waals surface area contributed by atoms with E-state index in [0.717, 1.165) is 11.1 Å². The molecule has 2 aromatic rings. The zero-order valence-electron chi connectivity index (χ0n) is 11.4. The Morgan fingerprint density at radius 3 is 2.80 bits per heavy atom. The summed E-state index contributed by atoms with van der Waals surface area (Å²) < 4.78 is 28.5. The topological polar surface area (TPSA) is 84.2 Å². The molecule has 7 heteroatoms. The summed E-state index contributed by atoms with van der Waals surface area (Å²) in [6, 6.07) is 3.24. The highest BCUT2D eigenvalue weighted by Gasteiger charge is 2.17. The van der Waals surface area contributed by atoms with E-state index in [1.807, 2.05) is 6.92 Å². The van der Waals surface area contributed by atoms with Gasteiger partial charge in [-0.2, -0.15) is 0 Å². The van der Waals surface area contributed by atoms with Crippen LogP contribution >= 0.6 is 0 Å². The molecule has 0 saturated carbocycles. The van der Waals surface area contributed by atoms with E-state index >= 15 is 0 Å². The first-order valence-corrected chi connectivity index (χ1v) is 7.57. The molecule has 2 heterocycles. The number of sulfonamides is 1. The van der Waals surface area contributed by atoms with Crippen molar-refractivity contribution in [2.75, 3.05) is 0 Å². The predicted octanol–water partition coefficient (Wildman–Crippen LogP) is 0.699. The monoisotopic (exact) mass is 295 g/mol. The Hall–Kier alpha value is -1.70. The number of aromatic nitrogens is 2. The number of pyridine rings is 1. The number of nitrogens with one attached hydrogen (secondary N) is 1. The number of rotatable bonds is 5. The van der Waals surface area contributed by atoms with Crippen molar-refractivity contribution in [3.05, 3.63) is 47.5 Å². The van der Waals surface area contributed by atoms with E-state index in [1.165, 1.54) is 12.3 Å². The van der Waals surface area contributed by atoms with Crippen LogP contribution in [0.25, 0.3) is 0 Å². The fourth-order valence-corrected chi connectivity index (χ4v) is 2.94. The Labute approximate surface area is 118 Å². The van der Waals surface area contributed by atoms with Crippen molar-refractivity contribution in [3.8, 4) is 0 Å². The van der Waals surface area contributed by atoms with E-state index in [0.29, 0.717) is 5.69 Å². The van der Waals surface area contributed by atoms with Gasteiger partial charge >= 0.3 is 0 Å². The van der Waals surface area contributed by atoms with Crippen LogP contribution in [0.3, 0.4) is 0 Å². The van der Waals surface area contributed by atoms with Gasteiger partial charge in [0.05, 0.1) is 11.5 Å². The van der Waals surface area contributed by atoms with Crippen molar-refractivity contribution < 1.29 is 13.5 Å². The number of hydrogen-bond acceptors (Lipinski definition) is 4. The van der Waals surface area contributed by atoms with Gasteiger partial charge in [-0.3, -0.25) is 4.98 Å². The summed E-state index contributed by atoms with van der Waals surface area (Å²) in [5.41, 5.74) is 2.35. The second-order valence-corrected chi connectivity index (χ2v) is 6.33. The van der Waals surface area contributed by atoms with E-state index in [1.54, 1.807) is 30.1 Å². The van der Waals surface area contributed by atoms with Crippen LogP contribution in [0.4, 0.5) is 0 Å². The quantitative estimate of drug-likeness (QED) is 0.850. The van der Waals surface area contributed by atoms with Gasteiger partial charge in [-0.15, -0.1) is 0 Å². The van der Waals surface area contributed by atoms with Crippen molar-refractivity contribution in [1.29, 1.82) is 0 Å². The molecule has 0 atom stereocenters. The predicted molar refractivity (Wildman–Crippen MR) is 74.3 cm³/mol. The normalized spacial score (nSPS) is 11.8. The van der Waals surface area contributed by atoms with Crippen molar-refractivity contribution in [3.63, 3.8) is 0 Å². The number of aliphatic hydroxyl groups excluding tert-OH is 1. The Balaban J connectivity index is 2.17. The second kappa shape index (κ2) is 5.74. The largest absolute Gasteiger partial charge is 0.390 e. The third kappa shape index (κ3) is 3.06. The van der Waals surface area contributed by atoms with Crippen LogP contribution in [0, 0.1) is 6.92 Å². The number of aliphatic hydroxyl groups is 1. The average Bonchev–Trinajstić information content (AvgIpc) is 2.80. The lowest BCUT2D eigenvalue weighted by Gasteiger charge is -2.07. The molecule has 6 nitrogen and oxygen atoms in total. The highest BCUT2D eigenvalue weighted by atomic mass is 32.2. The maximum absolute atomic E-state index is 12.2. The van der Waals surface area contributed by atoms with Crippen molar-refractivity contribution in [1.82, 2.24) is 14.3 Å². The summed E-state index contributed by atoms with van der Waals surface area (Å²) in [5, 5.41) is 9.10. The fraction of sp³-hybridized carbons (Fsp3) is 0.308. The molecule has 0 aromatic carbocycles. The van der Waals surface area contributed by atoms with E-state index < -0.39 is 10.0 Å². The molecule has 0 aliphatic carbocycles. The maximum atomic E-state index is 12.2. The summed E-state index contributed by atoms with van der Waals surface area (Å²) in [6.45, 7) is 1.89. The smallest absolute Gasteiger partial charge is 0.242 e. The van der Waals surface area contributed by atoms with Gasteiger partial charge in [0.1, 0.15) is 0 Å². The molecular formula is C13H17N3O3S. The molecule has 2 N–H and O–H groups in total. The molecule has 0 fully saturated rings. The summed E-state index contributed by atoms with van der Waals surface area (Å²) in [6.07, 6.45) is 4.80. The van der Waals surface area contributed by atoms with Gasteiger partial charge in [-0.25, -0.2) is 13.1 Å². The molecule has 0 aliphatic rings. The highest BCUT2D eigenvalue weighted by molar-refractivity contribution is 7.89. The third-order valence-corrected chi connectivity index (χ3v) is 4.51. The number of hydrogen-bond donors (Lipinski definition) is 2. The first kappa shape index (κ1) is 14.7. The van der Waals surface area contributed by atoms with Gasteiger partial charge in [0, 0.05) is 37.9 Å². The first-order valence-electron chi connectivity index (χ1n) is 6.09. The standard InChI is InChI=1S/C13H17N3O3S/c1-10-6-14-4-3-11(10)7-15-20(18,19)13-5-12(9-17)16(2)8-13/h3-6,8,15,17H,7,9H2,1-2H3. The van der Waals surface area contributed by atoms with Crippen LogP contribution in [0.2, 0.25) is 0 Å². The molecule has 0 saturated heterocycles. The average molecular weight is 295 g/mol. The molecule has 0 aliphatic heterocycles. The molecule has 2 aromatic heterocycles. The highest BCUT2D eigenvalue weighted by Crippen LogP contribution is 2.14. The van der Waals surface area contributed by atoms with E-state index in [4.69, 9.17) is 5.11 Å². The van der Waals surface area contributed by atoms with Gasteiger partial charge in [-0.1, -0.05) is 0 Å². The molecule has 0 amide bonds. The fourth-order valence-electron chi connectivity index (χ4n) is 1.84. The molecule has 20 heavy (non-hydrogen) atoms. The number of nitrogens with zero attached hydrogens (tertiary/aromatic N) is 2. The first-order chi connectivity index (χ1) is 9.44. The molecule has 108 valence electrons. The van der Waals surface area contributed by atoms with Crippen LogP contribution in [0.15, 0.2) is 35.6 Å². The zero-order chi connectivity index (χ0) is 14.8. The minimum absolute atomic E-state index is 0.149. The lowest BCUT2D eigenvalue weighted by Crippen LogP contribution is -2.23. The van der Waals surface area contributed by atoms with Crippen LogP contribution in [-0.4, -0.2) is 23.1 Å². The van der Waals surface area contributed by atoms with Crippen LogP contribution < -0.4 is 4.72 Å². The Morgan fingerprint density at radius 2 is 2.20 bits per heavy atom. The molecule has 0 unspecified atom stereocenters. The van der Waals surface area contributed by atoms with Gasteiger partial charge in [-0.05, 0) is 30.2 Å². The summed E-state index contributed by atoms with van der Waals surface area (Å²) in [5.74, 6) is 0. The van der Waals surface area contributed by atoms with Crippen LogP contribution in [0.5, 0.6) is 0 Å². The van der Waals surface area contributed by atoms with Crippen molar-refractivity contribution in [2.45, 2.75) is 25.0 Å². The van der Waals surface area contributed by atoms with E-state index in [-0.39, 0.29) is 18.0 Å². The van der Waals surface area contributed by atoms with Gasteiger partial charge in [0.15, 0.2) is 0 Å². The van der Waals surface area contributed by atoms with Crippen LogP contribution in [0.1, 0.15) is 16.8 Å². The van der Waals surface area contributed by atoms with E-state index in [9.17, 15) is 8.42 Å². The lowest BCUT2D eigenvalue weighted by molar-refractivity contribution is 0.272. The molecule has 0 bridgehead atoms. The van der Waals surface area contributed by atoms with Crippen molar-refractivity contribution >= 4 is 10.0 Å². The zero-order valence-corrected chi connectivity index (χ0v) is 12.2. The summed E-state index contributed by atoms with van der Waals surface area (Å²) in [7, 11) is -1.90. The maximum Gasteiger partial charge on any atom is 0.242 e. The van der Waals surface area contributed by atoms with Crippen molar-refractivity contribution in [2.24, 2.45) is 7.05 Å². The van der Waals surface area contributed by atoms with E-state index in [2.05, 4.69) is 9.71 Å². The molecule has 2 rings (SSSR count). The Kier molecular flexibility index (Phi) is 4.22. The van der Waals surface area contributed by atoms with Gasteiger partial charge in [0.25, 0.3) is 0 Å². The summed E-state index contributed by atoms with van der Waals surface area (Å²) in [4.78, 5) is 4.11. The minimum Gasteiger partial charge on any atom is -0.390 e. The molecular weight excluding hydrogens is 278 g/mol. The number of aryl methyl sites for hydroxylation is 2. The Bertz CT molecular complexity index is 707.